The molecule has 8 nitrogen and oxygen atoms in total. The van der Waals surface area contributed by atoms with Gasteiger partial charge in [0.15, 0.2) is 12.3 Å². The van der Waals surface area contributed by atoms with Gasteiger partial charge in [-0.2, -0.15) is 0 Å². The fourth-order valence-corrected chi connectivity index (χ4v) is 2.70. The number of aliphatic hydroxyl groups is 2. The molecule has 0 aromatic heterocycles. The van der Waals surface area contributed by atoms with E-state index in [1.165, 1.54) is 19.6 Å². The Balaban J connectivity index is 2.41. The molecule has 0 aromatic carbocycles. The van der Waals surface area contributed by atoms with Crippen molar-refractivity contribution in [3.63, 3.8) is 0 Å². The minimum atomic E-state index is -0.535. The van der Waals surface area contributed by atoms with Gasteiger partial charge in [-0.15, -0.1) is 0 Å². The Labute approximate surface area is 105 Å². The molecule has 0 unspecified atom stereocenters. The molecule has 0 spiro atoms. The van der Waals surface area contributed by atoms with Crippen LogP contribution >= 0.6 is 0 Å². The number of urea groups is 2. The summed E-state index contributed by atoms with van der Waals surface area (Å²) >= 11 is 0. The van der Waals surface area contributed by atoms with Crippen LogP contribution in [0.3, 0.4) is 0 Å². The number of aliphatic hydroxyl groups excluding tert-OH is 2. The first-order valence-electron chi connectivity index (χ1n) is 5.98. The fourth-order valence-electron chi connectivity index (χ4n) is 2.70. The third-order valence-electron chi connectivity index (χ3n) is 3.51. The smallest absolute Gasteiger partial charge is 0.325 e. The topological polar surface area (TPSA) is 87.6 Å². The molecule has 102 valence electrons. The van der Waals surface area contributed by atoms with Crippen molar-refractivity contribution in [3.05, 3.63) is 0 Å². The summed E-state index contributed by atoms with van der Waals surface area (Å²) in [7, 11) is 0. The van der Waals surface area contributed by atoms with E-state index in [-0.39, 0.29) is 12.1 Å². The van der Waals surface area contributed by atoms with Crippen LogP contribution in [0.5, 0.6) is 0 Å². The molecule has 2 N–H and O–H groups in total. The number of fused-ring (bicyclic) bond motifs is 1. The highest BCUT2D eigenvalue weighted by Gasteiger charge is 2.57. The average Bonchev–Trinajstić information content (AvgIpc) is 2.78. The number of likely N-dealkylation sites (N-methyl/N-ethyl adjacent to an activating group) is 2. The van der Waals surface area contributed by atoms with Crippen molar-refractivity contribution in [1.29, 1.82) is 0 Å². The maximum Gasteiger partial charge on any atom is 0.325 e. The SMILES string of the molecule is CCN1C(=O)N(CO)[C@@H]2[C@H]1N(CO)C(=O)N2CC. The van der Waals surface area contributed by atoms with Crippen LogP contribution in [0.2, 0.25) is 0 Å². The second-order valence-electron chi connectivity index (χ2n) is 4.19. The van der Waals surface area contributed by atoms with Gasteiger partial charge < -0.3 is 20.0 Å². The van der Waals surface area contributed by atoms with Gasteiger partial charge in [-0.1, -0.05) is 0 Å². The lowest BCUT2D eigenvalue weighted by Gasteiger charge is -2.27. The van der Waals surface area contributed by atoms with Crippen LogP contribution in [0.4, 0.5) is 9.59 Å². The van der Waals surface area contributed by atoms with Crippen molar-refractivity contribution >= 4 is 12.1 Å². The van der Waals surface area contributed by atoms with Crippen molar-refractivity contribution in [3.8, 4) is 0 Å². The summed E-state index contributed by atoms with van der Waals surface area (Å²) in [6.07, 6.45) is -1.07. The number of carbonyl (C=O) groups excluding carboxylic acids is 2. The van der Waals surface area contributed by atoms with Gasteiger partial charge in [0.05, 0.1) is 0 Å². The largest absolute Gasteiger partial charge is 0.376 e. The molecular weight excluding hydrogens is 240 g/mol. The highest BCUT2D eigenvalue weighted by atomic mass is 16.3. The first kappa shape index (κ1) is 12.9. The zero-order valence-electron chi connectivity index (χ0n) is 10.5. The quantitative estimate of drug-likeness (QED) is 0.681. The van der Waals surface area contributed by atoms with E-state index in [0.717, 1.165) is 0 Å². The monoisotopic (exact) mass is 258 g/mol. The van der Waals surface area contributed by atoms with Gasteiger partial charge in [-0.3, -0.25) is 9.80 Å². The van der Waals surface area contributed by atoms with Crippen LogP contribution in [0.1, 0.15) is 13.8 Å². The lowest BCUT2D eigenvalue weighted by molar-refractivity contribution is 0.0502. The Morgan fingerprint density at radius 3 is 1.39 bits per heavy atom. The van der Waals surface area contributed by atoms with Crippen molar-refractivity contribution in [2.75, 3.05) is 26.6 Å². The second-order valence-corrected chi connectivity index (χ2v) is 4.19. The molecule has 2 atom stereocenters. The molecule has 0 aliphatic carbocycles. The third-order valence-corrected chi connectivity index (χ3v) is 3.51. The molecule has 2 aliphatic heterocycles. The molecule has 2 saturated heterocycles. The standard InChI is InChI=1S/C10H18N4O4/c1-3-11-7-8(14(6-16)9(11)17)12(4-2)10(18)13(7)5-15/h7-8,15-16H,3-6H2,1-2H3/t7-,8-/m1/s1. The maximum absolute atomic E-state index is 12.1. The van der Waals surface area contributed by atoms with Gasteiger partial charge in [0.25, 0.3) is 0 Å². The molecule has 2 aliphatic rings. The van der Waals surface area contributed by atoms with E-state index in [1.54, 1.807) is 13.8 Å². The summed E-state index contributed by atoms with van der Waals surface area (Å²) in [6.45, 7) is 3.53. The maximum atomic E-state index is 12.1. The predicted molar refractivity (Wildman–Crippen MR) is 61.0 cm³/mol. The molecule has 0 bridgehead atoms. The molecule has 8 heteroatoms. The van der Waals surface area contributed by atoms with Gasteiger partial charge >= 0.3 is 12.1 Å². The Morgan fingerprint density at radius 2 is 1.17 bits per heavy atom. The molecule has 0 radical (unpaired) electrons. The average molecular weight is 258 g/mol. The number of hydrogen-bond donors (Lipinski definition) is 2. The van der Waals surface area contributed by atoms with Crippen LogP contribution in [0.15, 0.2) is 0 Å². The summed E-state index contributed by atoms with van der Waals surface area (Å²) in [6, 6.07) is -0.640. The van der Waals surface area contributed by atoms with E-state index in [1.807, 2.05) is 0 Å². The molecule has 18 heavy (non-hydrogen) atoms. The first-order valence-corrected chi connectivity index (χ1v) is 5.98. The molecule has 0 saturated carbocycles. The van der Waals surface area contributed by atoms with Crippen LogP contribution in [-0.4, -0.2) is 80.8 Å². The van der Waals surface area contributed by atoms with Gasteiger partial charge in [-0.25, -0.2) is 9.59 Å². The molecule has 4 amide bonds. The first-order chi connectivity index (χ1) is 8.62. The van der Waals surface area contributed by atoms with Crippen molar-refractivity contribution in [2.24, 2.45) is 0 Å². The van der Waals surface area contributed by atoms with E-state index in [2.05, 4.69) is 0 Å². The zero-order chi connectivity index (χ0) is 13.4. The summed E-state index contributed by atoms with van der Waals surface area (Å²) in [5.74, 6) is 0. The van der Waals surface area contributed by atoms with Crippen LogP contribution in [-0.2, 0) is 0 Å². The predicted octanol–water partition coefficient (Wildman–Crippen LogP) is -0.947. The summed E-state index contributed by atoms with van der Waals surface area (Å²) in [4.78, 5) is 29.5. The number of rotatable bonds is 4. The summed E-state index contributed by atoms with van der Waals surface area (Å²) in [5.41, 5.74) is 0. The molecule has 2 fully saturated rings. The van der Waals surface area contributed by atoms with Crippen molar-refractivity contribution < 1.29 is 19.8 Å². The third kappa shape index (κ3) is 1.45. The number of hydrogen-bond acceptors (Lipinski definition) is 4. The Morgan fingerprint density at radius 1 is 0.833 bits per heavy atom. The fraction of sp³-hybridized carbons (Fsp3) is 0.800. The minimum Gasteiger partial charge on any atom is -0.376 e. The van der Waals surface area contributed by atoms with E-state index >= 15 is 0 Å². The number of nitrogens with zero attached hydrogens (tertiary/aromatic N) is 4. The Bertz CT molecular complexity index is 302. The number of amides is 4. The van der Waals surface area contributed by atoms with Crippen molar-refractivity contribution in [1.82, 2.24) is 19.6 Å². The van der Waals surface area contributed by atoms with Gasteiger partial charge in [0.1, 0.15) is 13.5 Å². The van der Waals surface area contributed by atoms with Gasteiger partial charge in [0, 0.05) is 13.1 Å². The highest BCUT2D eigenvalue weighted by Crippen LogP contribution is 2.33. The van der Waals surface area contributed by atoms with E-state index in [0.29, 0.717) is 13.1 Å². The van der Waals surface area contributed by atoms with E-state index in [9.17, 15) is 19.8 Å². The zero-order valence-corrected chi connectivity index (χ0v) is 10.5. The molecule has 2 rings (SSSR count). The molecule has 2 heterocycles. The minimum absolute atomic E-state index is 0.320. The molecular formula is C10H18N4O4. The lowest BCUT2D eigenvalue weighted by atomic mass is 10.3. The van der Waals surface area contributed by atoms with E-state index in [4.69, 9.17) is 0 Å². The normalized spacial score (nSPS) is 27.6. The van der Waals surface area contributed by atoms with Crippen LogP contribution in [0.25, 0.3) is 0 Å². The second kappa shape index (κ2) is 4.62. The van der Waals surface area contributed by atoms with E-state index < -0.39 is 25.8 Å². The number of carbonyl (C=O) groups is 2. The van der Waals surface area contributed by atoms with Gasteiger partial charge in [-0.05, 0) is 13.8 Å². The van der Waals surface area contributed by atoms with Gasteiger partial charge in [0.2, 0.25) is 0 Å². The Kier molecular flexibility index (Phi) is 3.31. The summed E-state index contributed by atoms with van der Waals surface area (Å²) < 4.78 is 0. The van der Waals surface area contributed by atoms with Crippen LogP contribution < -0.4 is 0 Å². The summed E-state index contributed by atoms with van der Waals surface area (Å²) in [5, 5.41) is 18.6. The van der Waals surface area contributed by atoms with Crippen LogP contribution in [0, 0.1) is 0 Å². The Hall–Kier alpha value is -1.54. The highest BCUT2D eigenvalue weighted by molar-refractivity contribution is 5.85. The lowest BCUT2D eigenvalue weighted by Crippen LogP contribution is -2.46. The van der Waals surface area contributed by atoms with Crippen molar-refractivity contribution in [2.45, 2.75) is 26.2 Å². The molecule has 0 aromatic rings.